The van der Waals surface area contributed by atoms with E-state index in [1.54, 1.807) is 30.8 Å². The molecule has 1 aromatic heterocycles. The Morgan fingerprint density at radius 1 is 1.09 bits per heavy atom. The molecule has 0 aliphatic carbocycles. The number of nitrogens with one attached hydrogen (secondary N) is 1. The highest BCUT2D eigenvalue weighted by Gasteiger charge is 2.24. The number of carbonyl (C=O) groups is 2. The van der Waals surface area contributed by atoms with Crippen LogP contribution in [-0.2, 0) is 16.6 Å². The summed E-state index contributed by atoms with van der Waals surface area (Å²) in [5.74, 6) is -0.917. The molecule has 0 aliphatic rings. The van der Waals surface area contributed by atoms with Gasteiger partial charge in [-0.1, -0.05) is 29.8 Å². The van der Waals surface area contributed by atoms with Crippen LogP contribution in [0.4, 0.5) is 5.69 Å². The van der Waals surface area contributed by atoms with Crippen LogP contribution in [0, 0.1) is 6.92 Å². The van der Waals surface area contributed by atoms with E-state index < -0.39 is 23.5 Å². The molecule has 10 heteroatoms. The fourth-order valence-corrected chi connectivity index (χ4v) is 3.54. The van der Waals surface area contributed by atoms with Crippen LogP contribution in [0.2, 0.25) is 5.02 Å². The van der Waals surface area contributed by atoms with E-state index in [0.29, 0.717) is 11.4 Å². The van der Waals surface area contributed by atoms with Gasteiger partial charge in [0.2, 0.25) is 0 Å². The summed E-state index contributed by atoms with van der Waals surface area (Å²) < 4.78 is 18.7. The summed E-state index contributed by atoms with van der Waals surface area (Å²) in [5, 5.41) is 2.73. The normalized spacial score (nSPS) is 11.6. The van der Waals surface area contributed by atoms with Crippen molar-refractivity contribution in [2.45, 2.75) is 20.0 Å². The SMILES string of the molecule is COc1cc(C(=O)O[C@H](C)C(=O)Nc2c(C)n(C)n(-c3ccccc3)c2=O)cc(Cl)c1OC. The lowest BCUT2D eigenvalue weighted by atomic mass is 10.2. The zero-order valence-corrected chi connectivity index (χ0v) is 19.6. The van der Waals surface area contributed by atoms with Crippen molar-refractivity contribution >= 4 is 29.2 Å². The summed E-state index contributed by atoms with van der Waals surface area (Å²) in [6, 6.07) is 11.8. The predicted molar refractivity (Wildman–Crippen MR) is 124 cm³/mol. The van der Waals surface area contributed by atoms with Gasteiger partial charge in [0.05, 0.1) is 36.2 Å². The summed E-state index contributed by atoms with van der Waals surface area (Å²) >= 11 is 6.13. The maximum absolute atomic E-state index is 13.0. The second-order valence-electron chi connectivity index (χ2n) is 7.17. The van der Waals surface area contributed by atoms with E-state index in [2.05, 4.69) is 5.32 Å². The van der Waals surface area contributed by atoms with Crippen molar-refractivity contribution in [3.05, 3.63) is 69.1 Å². The summed E-state index contributed by atoms with van der Waals surface area (Å²) in [6.45, 7) is 3.11. The lowest BCUT2D eigenvalue weighted by molar-refractivity contribution is -0.123. The molecule has 0 radical (unpaired) electrons. The number of para-hydroxylation sites is 1. The van der Waals surface area contributed by atoms with E-state index >= 15 is 0 Å². The Hall–Kier alpha value is -3.72. The molecule has 3 aromatic rings. The average Bonchev–Trinajstić information content (AvgIpc) is 3.01. The number of esters is 1. The zero-order valence-electron chi connectivity index (χ0n) is 18.8. The fourth-order valence-electron chi connectivity index (χ4n) is 3.26. The monoisotopic (exact) mass is 473 g/mol. The van der Waals surface area contributed by atoms with Crippen molar-refractivity contribution in [2.75, 3.05) is 19.5 Å². The minimum Gasteiger partial charge on any atom is -0.493 e. The summed E-state index contributed by atoms with van der Waals surface area (Å²) in [4.78, 5) is 38.3. The maximum Gasteiger partial charge on any atom is 0.339 e. The molecule has 1 atom stereocenters. The van der Waals surface area contributed by atoms with E-state index in [0.717, 1.165) is 0 Å². The molecule has 9 nitrogen and oxygen atoms in total. The van der Waals surface area contributed by atoms with Crippen molar-refractivity contribution in [3.8, 4) is 17.2 Å². The number of methoxy groups -OCH3 is 2. The number of rotatable bonds is 7. The standard InChI is InChI=1S/C23H24ClN3O6/c1-13-19(22(29)27(26(13)3)16-9-7-6-8-10-16)25-21(28)14(2)33-23(30)15-11-17(24)20(32-5)18(12-15)31-4/h6-12,14H,1-5H3,(H,25,28)/t14-/m1/s1. The van der Waals surface area contributed by atoms with Crippen molar-refractivity contribution in [3.63, 3.8) is 0 Å². The molecule has 2 aromatic carbocycles. The molecule has 0 fully saturated rings. The number of anilines is 1. The van der Waals surface area contributed by atoms with E-state index in [1.807, 2.05) is 18.2 Å². The fraction of sp³-hybridized carbons (Fsp3) is 0.261. The molecule has 3 rings (SSSR count). The first-order valence-corrected chi connectivity index (χ1v) is 10.3. The van der Waals surface area contributed by atoms with Gasteiger partial charge in [0.25, 0.3) is 11.5 Å². The molecule has 33 heavy (non-hydrogen) atoms. The first-order valence-electron chi connectivity index (χ1n) is 9.97. The molecule has 0 bridgehead atoms. The number of hydrogen-bond acceptors (Lipinski definition) is 6. The molecule has 0 spiro atoms. The van der Waals surface area contributed by atoms with Gasteiger partial charge in [-0.25, -0.2) is 9.48 Å². The number of halogens is 1. The summed E-state index contributed by atoms with van der Waals surface area (Å²) in [5.41, 5.74) is 0.976. The number of benzene rings is 2. The summed E-state index contributed by atoms with van der Waals surface area (Å²) in [6.07, 6.45) is -1.19. The van der Waals surface area contributed by atoms with Gasteiger partial charge in [0, 0.05) is 7.05 Å². The van der Waals surface area contributed by atoms with Crippen molar-refractivity contribution in [2.24, 2.45) is 7.05 Å². The Morgan fingerprint density at radius 3 is 2.36 bits per heavy atom. The van der Waals surface area contributed by atoms with Gasteiger partial charge in [-0.3, -0.25) is 14.3 Å². The molecular weight excluding hydrogens is 450 g/mol. The van der Waals surface area contributed by atoms with Gasteiger partial charge in [0.1, 0.15) is 5.69 Å². The van der Waals surface area contributed by atoms with Gasteiger partial charge >= 0.3 is 5.97 Å². The quantitative estimate of drug-likeness (QED) is 0.528. The largest absolute Gasteiger partial charge is 0.493 e. The average molecular weight is 474 g/mol. The summed E-state index contributed by atoms with van der Waals surface area (Å²) in [7, 11) is 4.54. The van der Waals surface area contributed by atoms with E-state index in [4.69, 9.17) is 25.8 Å². The molecule has 1 amide bonds. The minimum atomic E-state index is -1.19. The number of carbonyl (C=O) groups excluding carboxylic acids is 2. The van der Waals surface area contributed by atoms with Crippen LogP contribution in [0.3, 0.4) is 0 Å². The molecule has 0 saturated carbocycles. The number of hydrogen-bond donors (Lipinski definition) is 1. The number of ether oxygens (including phenoxy) is 3. The Bertz CT molecular complexity index is 1250. The first kappa shape index (κ1) is 23.9. The number of aromatic nitrogens is 2. The highest BCUT2D eigenvalue weighted by molar-refractivity contribution is 6.32. The van der Waals surface area contributed by atoms with Gasteiger partial charge in [-0.2, -0.15) is 0 Å². The molecule has 0 unspecified atom stereocenters. The first-order chi connectivity index (χ1) is 15.7. The molecule has 0 aliphatic heterocycles. The van der Waals surface area contributed by atoms with Crippen LogP contribution in [0.1, 0.15) is 23.0 Å². The molecule has 1 heterocycles. The highest BCUT2D eigenvalue weighted by Crippen LogP contribution is 2.36. The number of nitrogens with zero attached hydrogens (tertiary/aromatic N) is 2. The van der Waals surface area contributed by atoms with Crippen LogP contribution >= 0.6 is 11.6 Å². The molecule has 0 saturated heterocycles. The Kier molecular flexibility index (Phi) is 7.13. The second kappa shape index (κ2) is 9.83. The zero-order chi connectivity index (χ0) is 24.3. The maximum atomic E-state index is 13.0. The van der Waals surface area contributed by atoms with Gasteiger partial charge < -0.3 is 19.5 Å². The van der Waals surface area contributed by atoms with Crippen LogP contribution in [-0.4, -0.2) is 41.6 Å². The van der Waals surface area contributed by atoms with E-state index in [9.17, 15) is 14.4 Å². The molecule has 1 N–H and O–H groups in total. The van der Waals surface area contributed by atoms with Crippen LogP contribution in [0.5, 0.6) is 11.5 Å². The third kappa shape index (κ3) is 4.73. The highest BCUT2D eigenvalue weighted by atomic mass is 35.5. The Morgan fingerprint density at radius 2 is 1.76 bits per heavy atom. The lowest BCUT2D eigenvalue weighted by Crippen LogP contribution is -2.32. The third-order valence-electron chi connectivity index (χ3n) is 5.12. The van der Waals surface area contributed by atoms with Crippen molar-refractivity contribution < 1.29 is 23.8 Å². The van der Waals surface area contributed by atoms with Gasteiger partial charge in [-0.05, 0) is 38.1 Å². The molecule has 174 valence electrons. The van der Waals surface area contributed by atoms with Gasteiger partial charge in [0.15, 0.2) is 17.6 Å². The van der Waals surface area contributed by atoms with Crippen LogP contribution in [0.15, 0.2) is 47.3 Å². The Labute approximate surface area is 195 Å². The third-order valence-corrected chi connectivity index (χ3v) is 5.41. The molecular formula is C23H24ClN3O6. The van der Waals surface area contributed by atoms with Crippen LogP contribution in [0.25, 0.3) is 5.69 Å². The lowest BCUT2D eigenvalue weighted by Gasteiger charge is -2.15. The van der Waals surface area contributed by atoms with E-state index in [1.165, 1.54) is 38.0 Å². The smallest absolute Gasteiger partial charge is 0.339 e. The van der Waals surface area contributed by atoms with E-state index in [-0.39, 0.29) is 27.8 Å². The Balaban J connectivity index is 1.79. The number of amides is 1. The second-order valence-corrected chi connectivity index (χ2v) is 7.57. The van der Waals surface area contributed by atoms with Crippen molar-refractivity contribution in [1.29, 1.82) is 0 Å². The van der Waals surface area contributed by atoms with Crippen LogP contribution < -0.4 is 20.3 Å². The van der Waals surface area contributed by atoms with Crippen molar-refractivity contribution in [1.82, 2.24) is 9.36 Å². The minimum absolute atomic E-state index is 0.0830. The topological polar surface area (TPSA) is 101 Å². The van der Waals surface area contributed by atoms with Gasteiger partial charge in [-0.15, -0.1) is 0 Å². The predicted octanol–water partition coefficient (Wildman–Crippen LogP) is 3.34.